The van der Waals surface area contributed by atoms with Gasteiger partial charge < -0.3 is 15.2 Å². The summed E-state index contributed by atoms with van der Waals surface area (Å²) in [6.45, 7) is 0.869. The van der Waals surface area contributed by atoms with E-state index < -0.39 is 12.1 Å². The number of unbranched alkanes of at least 4 members (excludes halogenated alkanes) is 3. The molecule has 0 saturated carbocycles. The number of amides is 1. The zero-order chi connectivity index (χ0) is 16.0. The molecule has 0 spiro atoms. The highest BCUT2D eigenvalue weighted by molar-refractivity contribution is 5.68. The predicted molar refractivity (Wildman–Crippen MR) is 84.5 cm³/mol. The van der Waals surface area contributed by atoms with Crippen molar-refractivity contribution in [1.82, 2.24) is 5.32 Å². The number of hydrogen-bond acceptors (Lipinski definition) is 3. The Balaban J connectivity index is 1.95. The van der Waals surface area contributed by atoms with Crippen LogP contribution in [0.4, 0.5) is 4.79 Å². The summed E-state index contributed by atoms with van der Waals surface area (Å²) in [5.74, 6) is -0.811. The van der Waals surface area contributed by atoms with Crippen LogP contribution in [0.5, 0.6) is 0 Å². The number of aliphatic carboxylic acids is 1. The summed E-state index contributed by atoms with van der Waals surface area (Å²) in [5, 5.41) is 11.2. The molecule has 22 heavy (non-hydrogen) atoms. The topological polar surface area (TPSA) is 75.6 Å². The van der Waals surface area contributed by atoms with Crippen molar-refractivity contribution in [2.24, 2.45) is 0 Å². The monoisotopic (exact) mass is 305 g/mol. The Hall–Kier alpha value is -2.30. The third kappa shape index (κ3) is 9.58. The number of nitrogens with one attached hydrogen (secondary N) is 1. The van der Waals surface area contributed by atoms with E-state index in [0.717, 1.165) is 31.2 Å². The number of carboxylic acids is 1. The lowest BCUT2D eigenvalue weighted by Crippen LogP contribution is -2.25. The number of benzene rings is 1. The van der Waals surface area contributed by atoms with Crippen molar-refractivity contribution in [3.63, 3.8) is 0 Å². The van der Waals surface area contributed by atoms with Gasteiger partial charge in [-0.05, 0) is 24.8 Å². The van der Waals surface area contributed by atoms with Crippen molar-refractivity contribution < 1.29 is 19.4 Å². The normalized spacial score (nSPS) is 10.5. The molecule has 120 valence electrons. The number of alkyl carbamates (subject to hydrolysis) is 1. The number of carboxylic acid groups (broad SMARTS) is 1. The molecular formula is C17H23NO4. The molecule has 2 N–H and O–H groups in total. The van der Waals surface area contributed by atoms with Crippen LogP contribution >= 0.6 is 0 Å². The van der Waals surface area contributed by atoms with Gasteiger partial charge in [0.1, 0.15) is 6.61 Å². The van der Waals surface area contributed by atoms with Crippen molar-refractivity contribution in [3.05, 3.63) is 48.0 Å². The highest BCUT2D eigenvalue weighted by Crippen LogP contribution is 2.02. The van der Waals surface area contributed by atoms with Gasteiger partial charge in [-0.2, -0.15) is 0 Å². The Morgan fingerprint density at radius 2 is 1.86 bits per heavy atom. The van der Waals surface area contributed by atoms with Gasteiger partial charge in [-0.3, -0.25) is 4.79 Å². The van der Waals surface area contributed by atoms with Crippen LogP contribution in [0.2, 0.25) is 0 Å². The quantitative estimate of drug-likeness (QED) is 0.512. The second-order valence-corrected chi connectivity index (χ2v) is 4.91. The minimum atomic E-state index is -0.811. The Kier molecular flexibility index (Phi) is 9.17. The third-order valence-corrected chi connectivity index (χ3v) is 2.99. The maximum absolute atomic E-state index is 11.5. The molecule has 0 radical (unpaired) electrons. The van der Waals surface area contributed by atoms with E-state index in [9.17, 15) is 9.59 Å². The Bertz CT molecular complexity index is 471. The average molecular weight is 305 g/mol. The summed E-state index contributed by atoms with van der Waals surface area (Å²) in [6, 6.07) is 9.54. The first-order chi connectivity index (χ1) is 10.7. The molecule has 1 aromatic rings. The first-order valence-electron chi connectivity index (χ1n) is 7.50. The SMILES string of the molecule is O=C(O)CC=CCCCCCNC(=O)OCc1ccccc1. The molecule has 0 aliphatic carbocycles. The minimum Gasteiger partial charge on any atom is -0.481 e. The van der Waals surface area contributed by atoms with Gasteiger partial charge in [0.05, 0.1) is 6.42 Å². The van der Waals surface area contributed by atoms with Crippen LogP contribution in [-0.4, -0.2) is 23.7 Å². The molecule has 5 heteroatoms. The highest BCUT2D eigenvalue weighted by atomic mass is 16.5. The number of carbonyl (C=O) groups excluding carboxylic acids is 1. The lowest BCUT2D eigenvalue weighted by atomic mass is 10.2. The molecule has 0 aliphatic heterocycles. The fourth-order valence-electron chi connectivity index (χ4n) is 1.83. The van der Waals surface area contributed by atoms with Crippen LogP contribution in [0.25, 0.3) is 0 Å². The van der Waals surface area contributed by atoms with Gasteiger partial charge in [0.15, 0.2) is 0 Å². The molecule has 0 bridgehead atoms. The first-order valence-corrected chi connectivity index (χ1v) is 7.50. The zero-order valence-electron chi connectivity index (χ0n) is 12.7. The summed E-state index contributed by atoms with van der Waals surface area (Å²) in [7, 11) is 0. The summed E-state index contributed by atoms with van der Waals surface area (Å²) in [4.78, 5) is 21.7. The Morgan fingerprint density at radius 3 is 2.59 bits per heavy atom. The van der Waals surface area contributed by atoms with Crippen LogP contribution in [0.15, 0.2) is 42.5 Å². The van der Waals surface area contributed by atoms with E-state index in [-0.39, 0.29) is 13.0 Å². The van der Waals surface area contributed by atoms with E-state index >= 15 is 0 Å². The molecule has 0 aromatic heterocycles. The zero-order valence-corrected chi connectivity index (χ0v) is 12.7. The summed E-state index contributed by atoms with van der Waals surface area (Å²) >= 11 is 0. The molecule has 0 unspecified atom stereocenters. The predicted octanol–water partition coefficient (Wildman–Crippen LogP) is 3.50. The molecular weight excluding hydrogens is 282 g/mol. The molecule has 1 rings (SSSR count). The largest absolute Gasteiger partial charge is 0.481 e. The van der Waals surface area contributed by atoms with Crippen LogP contribution in [0.3, 0.4) is 0 Å². The van der Waals surface area contributed by atoms with Gasteiger partial charge in [-0.1, -0.05) is 48.9 Å². The van der Waals surface area contributed by atoms with E-state index in [1.54, 1.807) is 6.08 Å². The molecule has 0 aliphatic rings. The number of hydrogen-bond donors (Lipinski definition) is 2. The molecule has 0 atom stereocenters. The van der Waals surface area contributed by atoms with Gasteiger partial charge in [0, 0.05) is 6.54 Å². The van der Waals surface area contributed by atoms with Gasteiger partial charge >= 0.3 is 12.1 Å². The average Bonchev–Trinajstić information content (AvgIpc) is 2.52. The number of carbonyl (C=O) groups is 2. The smallest absolute Gasteiger partial charge is 0.407 e. The van der Waals surface area contributed by atoms with Crippen LogP contribution < -0.4 is 5.32 Å². The second kappa shape index (κ2) is 11.4. The van der Waals surface area contributed by atoms with E-state index in [1.165, 1.54) is 0 Å². The van der Waals surface area contributed by atoms with Gasteiger partial charge in [0.25, 0.3) is 0 Å². The van der Waals surface area contributed by atoms with Crippen LogP contribution in [0.1, 0.15) is 37.7 Å². The standard InChI is InChI=1S/C17H23NO4/c19-16(20)12-8-3-1-2-4-9-13-18-17(21)22-14-15-10-6-5-7-11-15/h3,5-8,10-11H,1-2,4,9,12-14H2,(H,18,21)(H,19,20). The first kappa shape index (κ1) is 17.8. The second-order valence-electron chi connectivity index (χ2n) is 4.91. The molecule has 5 nitrogen and oxygen atoms in total. The van der Waals surface area contributed by atoms with Gasteiger partial charge in [-0.15, -0.1) is 0 Å². The van der Waals surface area contributed by atoms with E-state index in [0.29, 0.717) is 6.54 Å². The van der Waals surface area contributed by atoms with Gasteiger partial charge in [-0.25, -0.2) is 4.79 Å². The van der Waals surface area contributed by atoms with E-state index in [2.05, 4.69) is 5.32 Å². The molecule has 0 fully saturated rings. The number of rotatable bonds is 10. The lowest BCUT2D eigenvalue weighted by molar-refractivity contribution is -0.136. The highest BCUT2D eigenvalue weighted by Gasteiger charge is 2.01. The van der Waals surface area contributed by atoms with Crippen LogP contribution in [0, 0.1) is 0 Å². The van der Waals surface area contributed by atoms with E-state index in [1.807, 2.05) is 36.4 Å². The third-order valence-electron chi connectivity index (χ3n) is 2.99. The number of allylic oxidation sites excluding steroid dienone is 1. The molecule has 0 heterocycles. The fraction of sp³-hybridized carbons (Fsp3) is 0.412. The van der Waals surface area contributed by atoms with Crippen molar-refractivity contribution in [2.45, 2.75) is 38.7 Å². The molecule has 1 amide bonds. The van der Waals surface area contributed by atoms with Crippen molar-refractivity contribution in [2.75, 3.05) is 6.54 Å². The van der Waals surface area contributed by atoms with Crippen molar-refractivity contribution in [1.29, 1.82) is 0 Å². The molecule has 0 saturated heterocycles. The van der Waals surface area contributed by atoms with E-state index in [4.69, 9.17) is 9.84 Å². The summed E-state index contributed by atoms with van der Waals surface area (Å²) in [6.07, 6.45) is 6.95. The molecule has 1 aromatic carbocycles. The Labute approximate surface area is 131 Å². The van der Waals surface area contributed by atoms with Gasteiger partial charge in [0.2, 0.25) is 0 Å². The fourth-order valence-corrected chi connectivity index (χ4v) is 1.83. The maximum Gasteiger partial charge on any atom is 0.407 e. The minimum absolute atomic E-state index is 0.0782. The van der Waals surface area contributed by atoms with Crippen molar-refractivity contribution in [3.8, 4) is 0 Å². The summed E-state index contributed by atoms with van der Waals surface area (Å²) in [5.41, 5.74) is 0.964. The van der Waals surface area contributed by atoms with Crippen molar-refractivity contribution >= 4 is 12.1 Å². The van der Waals surface area contributed by atoms with Crippen LogP contribution in [-0.2, 0) is 16.1 Å². The Morgan fingerprint density at radius 1 is 1.09 bits per heavy atom. The number of ether oxygens (including phenoxy) is 1. The maximum atomic E-state index is 11.5. The summed E-state index contributed by atoms with van der Waals surface area (Å²) < 4.78 is 5.09. The lowest BCUT2D eigenvalue weighted by Gasteiger charge is -2.06.